The van der Waals surface area contributed by atoms with E-state index >= 15 is 0 Å². The molecule has 0 N–H and O–H groups in total. The van der Waals surface area contributed by atoms with Crippen molar-refractivity contribution in [2.45, 2.75) is 13.8 Å². The summed E-state index contributed by atoms with van der Waals surface area (Å²) in [6.45, 7) is 4.02. The van der Waals surface area contributed by atoms with Crippen molar-refractivity contribution in [3.05, 3.63) is 59.7 Å². The number of carbonyl (C=O) groups is 2. The molecule has 0 bridgehead atoms. The van der Waals surface area contributed by atoms with Crippen LogP contribution < -0.4 is 9.80 Å². The van der Waals surface area contributed by atoms with Crippen molar-refractivity contribution in [3.8, 4) is 0 Å². The number of hydrogen-bond acceptors (Lipinski definition) is 3. The molecule has 0 aliphatic rings. The van der Waals surface area contributed by atoms with Gasteiger partial charge in [-0.15, -0.1) is 11.8 Å². The highest BCUT2D eigenvalue weighted by Crippen LogP contribution is 2.17. The summed E-state index contributed by atoms with van der Waals surface area (Å²) in [7, 11) is 3.52. The third kappa shape index (κ3) is 5.36. The van der Waals surface area contributed by atoms with Crippen LogP contribution in [0.1, 0.15) is 11.1 Å². The van der Waals surface area contributed by atoms with E-state index in [0.717, 1.165) is 22.5 Å². The van der Waals surface area contributed by atoms with E-state index in [4.69, 9.17) is 0 Å². The third-order valence-electron chi connectivity index (χ3n) is 4.04. The maximum absolute atomic E-state index is 12.3. The first-order chi connectivity index (χ1) is 11.9. The van der Waals surface area contributed by atoms with Crippen molar-refractivity contribution in [1.82, 2.24) is 0 Å². The van der Waals surface area contributed by atoms with Gasteiger partial charge in [0.25, 0.3) is 0 Å². The summed E-state index contributed by atoms with van der Waals surface area (Å²) in [5.74, 6) is 0.523. The number of nitrogens with zero attached hydrogens (tertiary/aromatic N) is 2. The van der Waals surface area contributed by atoms with E-state index in [1.165, 1.54) is 11.8 Å². The smallest absolute Gasteiger partial charge is 0.236 e. The summed E-state index contributed by atoms with van der Waals surface area (Å²) in [6, 6.07) is 15.6. The van der Waals surface area contributed by atoms with Gasteiger partial charge in [0.05, 0.1) is 11.5 Å². The quantitative estimate of drug-likeness (QED) is 0.793. The molecule has 25 heavy (non-hydrogen) atoms. The van der Waals surface area contributed by atoms with Crippen LogP contribution in [0.3, 0.4) is 0 Å². The Morgan fingerprint density at radius 1 is 0.720 bits per heavy atom. The molecule has 2 rings (SSSR count). The molecule has 2 aromatic carbocycles. The van der Waals surface area contributed by atoms with Crippen LogP contribution in [0.2, 0.25) is 0 Å². The topological polar surface area (TPSA) is 40.6 Å². The fourth-order valence-corrected chi connectivity index (χ4v) is 3.08. The van der Waals surface area contributed by atoms with Gasteiger partial charge < -0.3 is 9.80 Å². The van der Waals surface area contributed by atoms with Crippen LogP contribution in [0.25, 0.3) is 0 Å². The second-order valence-electron chi connectivity index (χ2n) is 6.07. The van der Waals surface area contributed by atoms with Crippen LogP contribution in [-0.4, -0.2) is 37.4 Å². The average Bonchev–Trinajstić information content (AvgIpc) is 2.61. The van der Waals surface area contributed by atoms with Crippen LogP contribution in [0.4, 0.5) is 11.4 Å². The van der Waals surface area contributed by atoms with Gasteiger partial charge in [0, 0.05) is 25.5 Å². The monoisotopic (exact) mass is 356 g/mol. The molecule has 0 aliphatic heterocycles. The summed E-state index contributed by atoms with van der Waals surface area (Å²) in [4.78, 5) is 27.8. The minimum absolute atomic E-state index is 0.0142. The molecular formula is C20H24N2O2S. The number of benzene rings is 2. The average molecular weight is 356 g/mol. The SMILES string of the molecule is Cc1ccc(N(C)C(=O)CSCC(=O)N(C)c2ccc(C)cc2)cc1. The Hall–Kier alpha value is -2.27. The lowest BCUT2D eigenvalue weighted by atomic mass is 10.2. The van der Waals surface area contributed by atoms with Crippen LogP contribution in [0, 0.1) is 13.8 Å². The Balaban J connectivity index is 1.82. The highest BCUT2D eigenvalue weighted by molar-refractivity contribution is 8.00. The zero-order valence-electron chi connectivity index (χ0n) is 15.2. The van der Waals surface area contributed by atoms with Crippen molar-refractivity contribution in [3.63, 3.8) is 0 Å². The second kappa shape index (κ2) is 8.72. The molecule has 0 atom stereocenters. The predicted octanol–water partition coefficient (Wildman–Crippen LogP) is 3.66. The number of rotatable bonds is 6. The summed E-state index contributed by atoms with van der Waals surface area (Å²) in [5, 5.41) is 0. The first-order valence-corrected chi connectivity index (χ1v) is 9.28. The van der Waals surface area contributed by atoms with Crippen molar-refractivity contribution in [2.75, 3.05) is 35.4 Å². The van der Waals surface area contributed by atoms with Gasteiger partial charge in [-0.2, -0.15) is 0 Å². The number of anilines is 2. The fraction of sp³-hybridized carbons (Fsp3) is 0.300. The van der Waals surface area contributed by atoms with E-state index in [0.29, 0.717) is 0 Å². The molecule has 0 fully saturated rings. The Bertz CT molecular complexity index is 663. The minimum Gasteiger partial charge on any atom is -0.315 e. The van der Waals surface area contributed by atoms with Gasteiger partial charge in [0.2, 0.25) is 11.8 Å². The molecule has 0 radical (unpaired) electrons. The van der Waals surface area contributed by atoms with Gasteiger partial charge >= 0.3 is 0 Å². The molecule has 0 saturated carbocycles. The Morgan fingerprint density at radius 3 is 1.36 bits per heavy atom. The lowest BCUT2D eigenvalue weighted by Crippen LogP contribution is -2.30. The Labute approximate surface area is 153 Å². The van der Waals surface area contributed by atoms with Gasteiger partial charge in [-0.05, 0) is 38.1 Å². The maximum Gasteiger partial charge on any atom is 0.236 e. The summed E-state index contributed by atoms with van der Waals surface area (Å²) >= 11 is 1.34. The molecule has 0 unspecified atom stereocenters. The molecule has 4 nitrogen and oxygen atoms in total. The highest BCUT2D eigenvalue weighted by Gasteiger charge is 2.14. The first-order valence-electron chi connectivity index (χ1n) is 8.12. The summed E-state index contributed by atoms with van der Waals surface area (Å²) in [6.07, 6.45) is 0. The van der Waals surface area contributed by atoms with E-state index in [1.54, 1.807) is 23.9 Å². The highest BCUT2D eigenvalue weighted by atomic mass is 32.2. The molecule has 0 aliphatic carbocycles. The number of aryl methyl sites for hydroxylation is 2. The van der Waals surface area contributed by atoms with Crippen LogP contribution in [0.15, 0.2) is 48.5 Å². The molecule has 0 heterocycles. The van der Waals surface area contributed by atoms with Crippen molar-refractivity contribution >= 4 is 35.0 Å². The Morgan fingerprint density at radius 2 is 1.04 bits per heavy atom. The molecule has 0 aromatic heterocycles. The molecule has 2 amide bonds. The lowest BCUT2D eigenvalue weighted by Gasteiger charge is -2.19. The van der Waals surface area contributed by atoms with E-state index in [9.17, 15) is 9.59 Å². The summed E-state index contributed by atoms with van der Waals surface area (Å²) in [5.41, 5.74) is 4.03. The van der Waals surface area contributed by atoms with E-state index in [-0.39, 0.29) is 23.3 Å². The van der Waals surface area contributed by atoms with Crippen LogP contribution in [-0.2, 0) is 9.59 Å². The van der Waals surface area contributed by atoms with Gasteiger partial charge in [0.1, 0.15) is 0 Å². The first kappa shape index (κ1) is 19.1. The van der Waals surface area contributed by atoms with Crippen molar-refractivity contribution < 1.29 is 9.59 Å². The predicted molar refractivity (Wildman–Crippen MR) is 107 cm³/mol. The van der Waals surface area contributed by atoms with Crippen LogP contribution >= 0.6 is 11.8 Å². The third-order valence-corrected chi connectivity index (χ3v) is 4.94. The number of thioether (sulfide) groups is 1. The molecule has 0 saturated heterocycles. The molecule has 2 aromatic rings. The number of carbonyl (C=O) groups excluding carboxylic acids is 2. The van der Waals surface area contributed by atoms with E-state index in [1.807, 2.05) is 62.4 Å². The van der Waals surface area contributed by atoms with Gasteiger partial charge in [-0.3, -0.25) is 9.59 Å². The van der Waals surface area contributed by atoms with Gasteiger partial charge in [-0.1, -0.05) is 35.4 Å². The number of hydrogen-bond donors (Lipinski definition) is 0. The molecular weight excluding hydrogens is 332 g/mol. The van der Waals surface area contributed by atoms with E-state index in [2.05, 4.69) is 0 Å². The maximum atomic E-state index is 12.3. The zero-order valence-corrected chi connectivity index (χ0v) is 16.0. The second-order valence-corrected chi connectivity index (χ2v) is 7.06. The summed E-state index contributed by atoms with van der Waals surface area (Å²) < 4.78 is 0. The van der Waals surface area contributed by atoms with Crippen LogP contribution in [0.5, 0.6) is 0 Å². The largest absolute Gasteiger partial charge is 0.315 e. The fourth-order valence-electron chi connectivity index (χ4n) is 2.24. The van der Waals surface area contributed by atoms with Crippen molar-refractivity contribution in [1.29, 1.82) is 0 Å². The minimum atomic E-state index is -0.0142. The van der Waals surface area contributed by atoms with E-state index < -0.39 is 0 Å². The van der Waals surface area contributed by atoms with Gasteiger partial charge in [-0.25, -0.2) is 0 Å². The normalized spacial score (nSPS) is 10.4. The molecule has 5 heteroatoms. The zero-order chi connectivity index (χ0) is 18.4. The molecule has 132 valence electrons. The number of amides is 2. The van der Waals surface area contributed by atoms with Gasteiger partial charge in [0.15, 0.2) is 0 Å². The Kier molecular flexibility index (Phi) is 6.65. The lowest BCUT2D eigenvalue weighted by molar-refractivity contribution is -0.116. The standard InChI is InChI=1S/C20H24N2O2S/c1-15-5-9-17(10-6-15)21(3)19(23)13-25-14-20(24)22(4)18-11-7-16(2)8-12-18/h5-12H,13-14H2,1-4H3. The molecule has 0 spiro atoms. The van der Waals surface area contributed by atoms with Crippen molar-refractivity contribution in [2.24, 2.45) is 0 Å².